The van der Waals surface area contributed by atoms with Crippen molar-refractivity contribution in [1.29, 1.82) is 0 Å². The third-order valence-corrected chi connectivity index (χ3v) is 13.4. The molecule has 4 aliphatic carbocycles. The summed E-state index contributed by atoms with van der Waals surface area (Å²) in [6.45, 7) is 3.11. The second-order valence-corrected chi connectivity index (χ2v) is 15.3. The third kappa shape index (κ3) is 3.78. The zero-order chi connectivity index (χ0) is 29.4. The molecule has 7 atom stereocenters. The lowest BCUT2D eigenvalue weighted by Gasteiger charge is -2.48. The SMILES string of the molecule is Cc1c([C@@H]2C3=C(C4CCCCC4N3)[C@@]3(C(=O)N(Cc4ccccc4)C4CCCCC43)[C@H]2C2CCCCC2)[nH]c2ccccc12. The summed E-state index contributed by atoms with van der Waals surface area (Å²) < 4.78 is 0. The number of H-pyrrole nitrogens is 1. The summed E-state index contributed by atoms with van der Waals surface area (Å²) in [5.74, 6) is 2.65. The predicted molar refractivity (Wildman–Crippen MR) is 177 cm³/mol. The van der Waals surface area contributed by atoms with Crippen molar-refractivity contribution in [3.63, 3.8) is 0 Å². The number of carbonyl (C=O) groups excluding carboxylic acids is 1. The maximum atomic E-state index is 15.9. The van der Waals surface area contributed by atoms with Crippen LogP contribution in [0.3, 0.4) is 0 Å². The molecule has 44 heavy (non-hydrogen) atoms. The van der Waals surface area contributed by atoms with Crippen LogP contribution in [0.25, 0.3) is 10.9 Å². The molecule has 0 radical (unpaired) electrons. The Bertz CT molecular complexity index is 1600. The van der Waals surface area contributed by atoms with Gasteiger partial charge < -0.3 is 15.2 Å². The molecule has 2 aromatic carbocycles. The lowest BCUT2D eigenvalue weighted by Crippen LogP contribution is -2.50. The molecule has 1 amide bonds. The first kappa shape index (κ1) is 27.3. The number of aromatic amines is 1. The molecule has 4 unspecified atom stereocenters. The van der Waals surface area contributed by atoms with Crippen molar-refractivity contribution in [3.05, 3.63) is 82.7 Å². The van der Waals surface area contributed by atoms with Gasteiger partial charge in [0.25, 0.3) is 0 Å². The molecule has 230 valence electrons. The topological polar surface area (TPSA) is 48.1 Å². The van der Waals surface area contributed by atoms with Gasteiger partial charge in [0.05, 0.1) is 5.41 Å². The number of hydrogen-bond donors (Lipinski definition) is 2. The normalized spacial score (nSPS) is 35.3. The van der Waals surface area contributed by atoms with E-state index in [1.165, 1.54) is 117 Å². The highest BCUT2D eigenvalue weighted by molar-refractivity contribution is 5.92. The van der Waals surface area contributed by atoms with Crippen LogP contribution in [0.4, 0.5) is 0 Å². The maximum absolute atomic E-state index is 15.9. The Morgan fingerprint density at radius 2 is 1.55 bits per heavy atom. The first-order valence-corrected chi connectivity index (χ1v) is 18.1. The molecule has 4 heteroatoms. The Morgan fingerprint density at radius 1 is 0.818 bits per heavy atom. The largest absolute Gasteiger partial charge is 0.384 e. The van der Waals surface area contributed by atoms with Crippen molar-refractivity contribution in [1.82, 2.24) is 15.2 Å². The first-order valence-electron chi connectivity index (χ1n) is 18.1. The number of amides is 1. The van der Waals surface area contributed by atoms with Gasteiger partial charge in [0, 0.05) is 52.8 Å². The molecular weight excluding hydrogens is 538 g/mol. The molecule has 4 fully saturated rings. The summed E-state index contributed by atoms with van der Waals surface area (Å²) in [6, 6.07) is 20.6. The number of benzene rings is 2. The molecule has 0 bridgehead atoms. The van der Waals surface area contributed by atoms with Crippen molar-refractivity contribution in [2.24, 2.45) is 29.1 Å². The standard InChI is InChI=1S/C40H49N3O/c1-25-28-18-8-11-21-31(28)41-37(25)34-35(27-16-6-3-7-17-27)40(36-29-19-9-12-22-32(29)42-38(34)36)30-20-10-13-23-33(30)43(39(40)44)24-26-14-4-2-5-15-26/h2,4-5,8,11,14-15,18,21,27,29-30,32-35,41-42H,3,6-7,9-10,12-13,16-17,19-20,22-24H2,1H3/t29?,30?,32?,33?,34-,35+,40+/m1/s1. The minimum absolute atomic E-state index is 0.259. The van der Waals surface area contributed by atoms with E-state index in [-0.39, 0.29) is 11.3 Å². The van der Waals surface area contributed by atoms with E-state index < -0.39 is 0 Å². The van der Waals surface area contributed by atoms with Gasteiger partial charge in [-0.1, -0.05) is 106 Å². The highest BCUT2D eigenvalue weighted by atomic mass is 16.2. The molecule has 2 aliphatic heterocycles. The zero-order valence-electron chi connectivity index (χ0n) is 26.5. The highest BCUT2D eigenvalue weighted by Crippen LogP contribution is 2.71. The first-order chi connectivity index (χ1) is 21.7. The van der Waals surface area contributed by atoms with E-state index >= 15 is 4.79 Å². The fourth-order valence-electron chi connectivity index (χ4n) is 11.8. The van der Waals surface area contributed by atoms with Gasteiger partial charge in [0.2, 0.25) is 5.91 Å². The number of hydrogen-bond acceptors (Lipinski definition) is 2. The van der Waals surface area contributed by atoms with Gasteiger partial charge in [-0.15, -0.1) is 0 Å². The number of nitrogens with one attached hydrogen (secondary N) is 2. The molecule has 3 aromatic rings. The monoisotopic (exact) mass is 587 g/mol. The molecule has 6 aliphatic rings. The number of fused-ring (bicyclic) bond motifs is 6. The van der Waals surface area contributed by atoms with Crippen molar-refractivity contribution in [2.75, 3.05) is 0 Å². The van der Waals surface area contributed by atoms with E-state index in [0.29, 0.717) is 41.7 Å². The number of likely N-dealkylation sites (tertiary alicyclic amines) is 1. The van der Waals surface area contributed by atoms with Gasteiger partial charge in [-0.25, -0.2) is 0 Å². The van der Waals surface area contributed by atoms with Crippen LogP contribution < -0.4 is 5.32 Å². The molecule has 9 rings (SSSR count). The minimum atomic E-state index is -0.366. The minimum Gasteiger partial charge on any atom is -0.384 e. The number of carbonyl (C=O) groups is 1. The maximum Gasteiger partial charge on any atom is 0.234 e. The van der Waals surface area contributed by atoms with E-state index in [2.05, 4.69) is 76.7 Å². The molecule has 3 heterocycles. The van der Waals surface area contributed by atoms with Crippen LogP contribution in [0.2, 0.25) is 0 Å². The van der Waals surface area contributed by atoms with Crippen LogP contribution in [-0.2, 0) is 11.3 Å². The Hall–Kier alpha value is -3.01. The average molecular weight is 588 g/mol. The molecule has 1 saturated heterocycles. The van der Waals surface area contributed by atoms with Crippen LogP contribution in [0.15, 0.2) is 65.9 Å². The quantitative estimate of drug-likeness (QED) is 0.321. The van der Waals surface area contributed by atoms with Gasteiger partial charge in [0.15, 0.2) is 0 Å². The molecule has 4 nitrogen and oxygen atoms in total. The van der Waals surface area contributed by atoms with Crippen LogP contribution >= 0.6 is 0 Å². The lowest BCUT2D eigenvalue weighted by atomic mass is 9.53. The molecule has 2 N–H and O–H groups in total. The van der Waals surface area contributed by atoms with E-state index in [1.807, 2.05) is 0 Å². The molecule has 1 spiro atoms. The number of nitrogens with zero attached hydrogens (tertiary/aromatic N) is 1. The van der Waals surface area contributed by atoms with Gasteiger partial charge in [-0.05, 0) is 73.1 Å². The van der Waals surface area contributed by atoms with E-state index in [9.17, 15) is 0 Å². The van der Waals surface area contributed by atoms with Crippen molar-refractivity contribution >= 4 is 16.8 Å². The van der Waals surface area contributed by atoms with Crippen LogP contribution in [0, 0.1) is 36.0 Å². The van der Waals surface area contributed by atoms with Crippen LogP contribution in [0.5, 0.6) is 0 Å². The summed E-state index contributed by atoms with van der Waals surface area (Å²) >= 11 is 0. The molecule has 1 aromatic heterocycles. The summed E-state index contributed by atoms with van der Waals surface area (Å²) in [5, 5.41) is 5.61. The summed E-state index contributed by atoms with van der Waals surface area (Å²) in [6.07, 6.45) is 16.5. The van der Waals surface area contributed by atoms with E-state index in [0.717, 1.165) is 6.54 Å². The molecule has 3 saturated carbocycles. The summed E-state index contributed by atoms with van der Waals surface area (Å²) in [4.78, 5) is 22.3. The van der Waals surface area contributed by atoms with Gasteiger partial charge in [-0.2, -0.15) is 0 Å². The highest BCUT2D eigenvalue weighted by Gasteiger charge is 2.72. The van der Waals surface area contributed by atoms with Gasteiger partial charge in [0.1, 0.15) is 0 Å². The second kappa shape index (κ2) is 10.5. The second-order valence-electron chi connectivity index (χ2n) is 15.3. The number of para-hydroxylation sites is 1. The Kier molecular flexibility index (Phi) is 6.54. The summed E-state index contributed by atoms with van der Waals surface area (Å²) in [5.41, 5.74) is 8.07. The Balaban J connectivity index is 1.28. The predicted octanol–water partition coefficient (Wildman–Crippen LogP) is 8.77. The number of rotatable bonds is 4. The third-order valence-electron chi connectivity index (χ3n) is 13.4. The van der Waals surface area contributed by atoms with Crippen LogP contribution in [0.1, 0.15) is 106 Å². The fraction of sp³-hybridized carbons (Fsp3) is 0.575. The average Bonchev–Trinajstić information content (AvgIpc) is 3.77. The van der Waals surface area contributed by atoms with Crippen molar-refractivity contribution in [3.8, 4) is 0 Å². The van der Waals surface area contributed by atoms with Crippen molar-refractivity contribution < 1.29 is 4.79 Å². The van der Waals surface area contributed by atoms with Crippen LogP contribution in [-0.4, -0.2) is 27.9 Å². The number of aryl methyl sites for hydroxylation is 1. The zero-order valence-corrected chi connectivity index (χ0v) is 26.5. The van der Waals surface area contributed by atoms with E-state index in [1.54, 1.807) is 5.57 Å². The smallest absolute Gasteiger partial charge is 0.234 e. The fourth-order valence-corrected chi connectivity index (χ4v) is 11.8. The Morgan fingerprint density at radius 3 is 2.39 bits per heavy atom. The van der Waals surface area contributed by atoms with E-state index in [4.69, 9.17) is 0 Å². The van der Waals surface area contributed by atoms with Crippen molar-refractivity contribution in [2.45, 2.75) is 115 Å². The number of allylic oxidation sites excluding steroid dienone is 1. The Labute approximate surface area is 263 Å². The van der Waals surface area contributed by atoms with Gasteiger partial charge in [-0.3, -0.25) is 4.79 Å². The summed E-state index contributed by atoms with van der Waals surface area (Å²) in [7, 11) is 0. The van der Waals surface area contributed by atoms with Gasteiger partial charge >= 0.3 is 0 Å². The molecular formula is C40H49N3O. The number of aromatic nitrogens is 1. The lowest BCUT2D eigenvalue weighted by molar-refractivity contribution is -0.140.